The molecule has 16 heavy (non-hydrogen) atoms. The molecule has 2 N–H and O–H groups in total. The van der Waals surface area contributed by atoms with Crippen molar-refractivity contribution in [2.75, 3.05) is 32.1 Å². The SMILES string of the molecule is CSCCN(C)CC(C)(N)c1ccccc1. The fourth-order valence-corrected chi connectivity index (χ4v) is 2.29. The zero-order chi connectivity index (χ0) is 12.0. The molecule has 0 heterocycles. The summed E-state index contributed by atoms with van der Waals surface area (Å²) in [7, 11) is 2.13. The van der Waals surface area contributed by atoms with Crippen LogP contribution in [0.5, 0.6) is 0 Å². The van der Waals surface area contributed by atoms with Crippen molar-refractivity contribution in [3.63, 3.8) is 0 Å². The molecule has 0 spiro atoms. The molecular weight excluding hydrogens is 216 g/mol. The van der Waals surface area contributed by atoms with Crippen LogP contribution in [0.25, 0.3) is 0 Å². The summed E-state index contributed by atoms with van der Waals surface area (Å²) in [6, 6.07) is 10.3. The Morgan fingerprint density at radius 3 is 2.50 bits per heavy atom. The Balaban J connectivity index is 2.58. The van der Waals surface area contributed by atoms with Gasteiger partial charge in [-0.2, -0.15) is 11.8 Å². The lowest BCUT2D eigenvalue weighted by atomic mass is 9.93. The summed E-state index contributed by atoms with van der Waals surface area (Å²) in [6.45, 7) is 4.07. The molecule has 90 valence electrons. The van der Waals surface area contributed by atoms with Crippen LogP contribution in [0.4, 0.5) is 0 Å². The minimum absolute atomic E-state index is 0.269. The molecule has 0 radical (unpaired) electrons. The first-order chi connectivity index (χ1) is 7.56. The molecule has 0 fully saturated rings. The molecule has 0 aliphatic rings. The minimum Gasteiger partial charge on any atom is -0.321 e. The molecule has 0 aromatic heterocycles. The minimum atomic E-state index is -0.269. The zero-order valence-electron chi connectivity index (χ0n) is 10.4. The molecular formula is C13H22N2S. The summed E-state index contributed by atoms with van der Waals surface area (Å²) in [5.41, 5.74) is 7.29. The van der Waals surface area contributed by atoms with E-state index in [2.05, 4.69) is 37.3 Å². The third kappa shape index (κ3) is 4.16. The topological polar surface area (TPSA) is 29.3 Å². The van der Waals surface area contributed by atoms with Crippen molar-refractivity contribution in [2.45, 2.75) is 12.5 Å². The van der Waals surface area contributed by atoms with E-state index in [4.69, 9.17) is 5.73 Å². The van der Waals surface area contributed by atoms with Gasteiger partial charge in [-0.05, 0) is 25.8 Å². The van der Waals surface area contributed by atoms with Gasteiger partial charge in [0.1, 0.15) is 0 Å². The van der Waals surface area contributed by atoms with Gasteiger partial charge in [0.15, 0.2) is 0 Å². The van der Waals surface area contributed by atoms with Crippen LogP contribution in [-0.4, -0.2) is 37.0 Å². The number of likely N-dealkylation sites (N-methyl/N-ethyl adjacent to an activating group) is 1. The summed E-state index contributed by atoms with van der Waals surface area (Å²) < 4.78 is 0. The Kier molecular flexibility index (Phi) is 5.32. The van der Waals surface area contributed by atoms with Crippen molar-refractivity contribution in [1.82, 2.24) is 4.90 Å². The first kappa shape index (κ1) is 13.6. The second-order valence-corrected chi connectivity index (χ2v) is 5.50. The average Bonchev–Trinajstić information content (AvgIpc) is 2.27. The number of thioether (sulfide) groups is 1. The van der Waals surface area contributed by atoms with E-state index in [9.17, 15) is 0 Å². The van der Waals surface area contributed by atoms with Crippen molar-refractivity contribution in [3.8, 4) is 0 Å². The van der Waals surface area contributed by atoms with Gasteiger partial charge in [-0.15, -0.1) is 0 Å². The van der Waals surface area contributed by atoms with E-state index in [0.29, 0.717) is 0 Å². The second kappa shape index (κ2) is 6.28. The maximum absolute atomic E-state index is 6.36. The van der Waals surface area contributed by atoms with Crippen LogP contribution < -0.4 is 5.73 Å². The summed E-state index contributed by atoms with van der Waals surface area (Å²) in [5.74, 6) is 1.15. The fraction of sp³-hybridized carbons (Fsp3) is 0.538. The maximum atomic E-state index is 6.36. The van der Waals surface area contributed by atoms with Gasteiger partial charge in [-0.3, -0.25) is 0 Å². The molecule has 1 unspecified atom stereocenters. The molecule has 1 aromatic carbocycles. The molecule has 0 aliphatic heterocycles. The fourth-order valence-electron chi connectivity index (χ4n) is 1.80. The monoisotopic (exact) mass is 238 g/mol. The normalized spacial score (nSPS) is 15.1. The number of benzene rings is 1. The largest absolute Gasteiger partial charge is 0.321 e. The lowest BCUT2D eigenvalue weighted by Gasteiger charge is -2.30. The number of rotatable bonds is 6. The Bertz CT molecular complexity index is 298. The lowest BCUT2D eigenvalue weighted by molar-refractivity contribution is 0.272. The highest BCUT2D eigenvalue weighted by Gasteiger charge is 2.22. The average molecular weight is 238 g/mol. The van der Waals surface area contributed by atoms with Gasteiger partial charge in [0.2, 0.25) is 0 Å². The van der Waals surface area contributed by atoms with E-state index in [1.807, 2.05) is 30.0 Å². The van der Waals surface area contributed by atoms with Crippen LogP contribution in [0.15, 0.2) is 30.3 Å². The predicted molar refractivity (Wildman–Crippen MR) is 73.9 cm³/mol. The second-order valence-electron chi connectivity index (χ2n) is 4.51. The molecule has 0 bridgehead atoms. The molecule has 0 saturated carbocycles. The first-order valence-electron chi connectivity index (χ1n) is 5.58. The van der Waals surface area contributed by atoms with Crippen LogP contribution in [0, 0.1) is 0 Å². The Morgan fingerprint density at radius 2 is 1.94 bits per heavy atom. The lowest BCUT2D eigenvalue weighted by Crippen LogP contribution is -2.44. The summed E-state index contributed by atoms with van der Waals surface area (Å²) in [5, 5.41) is 0. The highest BCUT2D eigenvalue weighted by Crippen LogP contribution is 2.18. The predicted octanol–water partition coefficient (Wildman–Crippen LogP) is 2.16. The molecule has 0 saturated heterocycles. The smallest absolute Gasteiger partial charge is 0.0509 e. The molecule has 1 atom stereocenters. The number of nitrogens with zero attached hydrogens (tertiary/aromatic N) is 1. The highest BCUT2D eigenvalue weighted by molar-refractivity contribution is 7.98. The van der Waals surface area contributed by atoms with E-state index < -0.39 is 0 Å². The quantitative estimate of drug-likeness (QED) is 0.823. The van der Waals surface area contributed by atoms with E-state index in [1.165, 1.54) is 5.56 Å². The Morgan fingerprint density at radius 1 is 1.31 bits per heavy atom. The van der Waals surface area contributed by atoms with Crippen molar-refractivity contribution in [3.05, 3.63) is 35.9 Å². The van der Waals surface area contributed by atoms with E-state index in [-0.39, 0.29) is 5.54 Å². The van der Waals surface area contributed by atoms with Crippen LogP contribution in [-0.2, 0) is 5.54 Å². The van der Waals surface area contributed by atoms with E-state index in [0.717, 1.165) is 18.8 Å². The van der Waals surface area contributed by atoms with Gasteiger partial charge in [0.05, 0.1) is 5.54 Å². The molecule has 3 heteroatoms. The van der Waals surface area contributed by atoms with Crippen LogP contribution in [0.3, 0.4) is 0 Å². The first-order valence-corrected chi connectivity index (χ1v) is 6.97. The van der Waals surface area contributed by atoms with Gasteiger partial charge >= 0.3 is 0 Å². The third-order valence-corrected chi connectivity index (χ3v) is 3.30. The standard InChI is InChI=1S/C13H22N2S/c1-13(14,11-15(2)9-10-16-3)12-7-5-4-6-8-12/h4-8H,9-11,14H2,1-3H3. The van der Waals surface area contributed by atoms with Crippen LogP contribution >= 0.6 is 11.8 Å². The van der Waals surface area contributed by atoms with Crippen LogP contribution in [0.1, 0.15) is 12.5 Å². The number of hydrogen-bond donors (Lipinski definition) is 1. The summed E-state index contributed by atoms with van der Waals surface area (Å²) in [4.78, 5) is 2.30. The third-order valence-electron chi connectivity index (χ3n) is 2.71. The van der Waals surface area contributed by atoms with Gasteiger partial charge in [0.25, 0.3) is 0 Å². The Labute approximate surface area is 103 Å². The molecule has 1 rings (SSSR count). The highest BCUT2D eigenvalue weighted by atomic mass is 32.2. The van der Waals surface area contributed by atoms with Gasteiger partial charge in [0, 0.05) is 18.8 Å². The van der Waals surface area contributed by atoms with Gasteiger partial charge in [-0.25, -0.2) is 0 Å². The van der Waals surface area contributed by atoms with Crippen LogP contribution in [0.2, 0.25) is 0 Å². The number of nitrogens with two attached hydrogens (primary N) is 1. The molecule has 2 nitrogen and oxygen atoms in total. The van der Waals surface area contributed by atoms with E-state index in [1.54, 1.807) is 0 Å². The van der Waals surface area contributed by atoms with Crippen molar-refractivity contribution < 1.29 is 0 Å². The number of hydrogen-bond acceptors (Lipinski definition) is 3. The van der Waals surface area contributed by atoms with Crippen molar-refractivity contribution >= 4 is 11.8 Å². The maximum Gasteiger partial charge on any atom is 0.0509 e. The summed E-state index contributed by atoms with van der Waals surface area (Å²) in [6.07, 6.45) is 2.13. The molecule has 0 aliphatic carbocycles. The van der Waals surface area contributed by atoms with Gasteiger partial charge < -0.3 is 10.6 Å². The zero-order valence-corrected chi connectivity index (χ0v) is 11.3. The van der Waals surface area contributed by atoms with Gasteiger partial charge in [-0.1, -0.05) is 30.3 Å². The van der Waals surface area contributed by atoms with E-state index >= 15 is 0 Å². The molecule has 1 aromatic rings. The summed E-state index contributed by atoms with van der Waals surface area (Å²) >= 11 is 1.87. The Hall–Kier alpha value is -0.510. The van der Waals surface area contributed by atoms with Crippen molar-refractivity contribution in [1.29, 1.82) is 0 Å². The molecule has 0 amide bonds. The van der Waals surface area contributed by atoms with Crippen molar-refractivity contribution in [2.24, 2.45) is 5.73 Å².